The zero-order valence-electron chi connectivity index (χ0n) is 11.6. The Labute approximate surface area is 123 Å². The first-order valence-corrected chi connectivity index (χ1v) is 6.66. The van der Waals surface area contributed by atoms with Gasteiger partial charge in [0.05, 0.1) is 6.54 Å². The predicted octanol–water partition coefficient (Wildman–Crippen LogP) is 3.46. The van der Waals surface area contributed by atoms with Crippen molar-refractivity contribution in [2.45, 2.75) is 0 Å². The van der Waals surface area contributed by atoms with Gasteiger partial charge in [0.2, 0.25) is 5.91 Å². The van der Waals surface area contributed by atoms with E-state index in [0.29, 0.717) is 12.2 Å². The average Bonchev–Trinajstić information content (AvgIpc) is 2.51. The third-order valence-corrected chi connectivity index (χ3v) is 2.95. The second kappa shape index (κ2) is 7.24. The maximum absolute atomic E-state index is 13.1. The molecular weight excluding hydrogens is 267 g/mol. The van der Waals surface area contributed by atoms with Crippen LogP contribution < -0.4 is 10.2 Å². The van der Waals surface area contributed by atoms with Crippen molar-refractivity contribution in [1.82, 2.24) is 0 Å². The SMILES string of the molecule is C=CCN(C(=O)CNc1cccc(F)c1)c1ccccc1. The van der Waals surface area contributed by atoms with Crippen molar-refractivity contribution in [2.75, 3.05) is 23.3 Å². The second-order valence-corrected chi connectivity index (χ2v) is 4.49. The molecule has 0 fully saturated rings. The van der Waals surface area contributed by atoms with Crippen LogP contribution in [-0.4, -0.2) is 19.0 Å². The van der Waals surface area contributed by atoms with Gasteiger partial charge in [-0.3, -0.25) is 4.79 Å². The Balaban J connectivity index is 2.04. The van der Waals surface area contributed by atoms with Crippen LogP contribution in [0.4, 0.5) is 15.8 Å². The molecule has 0 spiro atoms. The molecule has 0 radical (unpaired) electrons. The molecule has 0 saturated heterocycles. The smallest absolute Gasteiger partial charge is 0.246 e. The van der Waals surface area contributed by atoms with Crippen molar-refractivity contribution in [3.8, 4) is 0 Å². The van der Waals surface area contributed by atoms with E-state index in [2.05, 4.69) is 11.9 Å². The Morgan fingerprint density at radius 3 is 2.62 bits per heavy atom. The van der Waals surface area contributed by atoms with Crippen LogP contribution in [0.2, 0.25) is 0 Å². The summed E-state index contributed by atoms with van der Waals surface area (Å²) in [5.41, 5.74) is 1.39. The number of rotatable bonds is 6. The number of halogens is 1. The molecule has 1 amide bonds. The number of carbonyl (C=O) groups excluding carboxylic acids is 1. The molecule has 3 nitrogen and oxygen atoms in total. The van der Waals surface area contributed by atoms with E-state index < -0.39 is 0 Å². The third-order valence-electron chi connectivity index (χ3n) is 2.95. The number of benzene rings is 2. The molecule has 0 aliphatic rings. The summed E-state index contributed by atoms with van der Waals surface area (Å²) in [6, 6.07) is 15.4. The predicted molar refractivity (Wildman–Crippen MR) is 83.9 cm³/mol. The maximum atomic E-state index is 13.1. The lowest BCUT2D eigenvalue weighted by Gasteiger charge is -2.21. The van der Waals surface area contributed by atoms with Gasteiger partial charge in [-0.1, -0.05) is 30.3 Å². The Kier molecular flexibility index (Phi) is 5.10. The molecule has 108 valence electrons. The van der Waals surface area contributed by atoms with Crippen LogP contribution in [-0.2, 0) is 4.79 Å². The monoisotopic (exact) mass is 284 g/mol. The number of nitrogens with one attached hydrogen (secondary N) is 1. The van der Waals surface area contributed by atoms with Crippen molar-refractivity contribution >= 4 is 17.3 Å². The lowest BCUT2D eigenvalue weighted by molar-refractivity contribution is -0.116. The topological polar surface area (TPSA) is 32.3 Å². The number of carbonyl (C=O) groups is 1. The van der Waals surface area contributed by atoms with E-state index >= 15 is 0 Å². The summed E-state index contributed by atoms with van der Waals surface area (Å²) >= 11 is 0. The van der Waals surface area contributed by atoms with Gasteiger partial charge in [-0.25, -0.2) is 4.39 Å². The van der Waals surface area contributed by atoms with Crippen LogP contribution in [0.3, 0.4) is 0 Å². The molecular formula is C17H17FN2O. The van der Waals surface area contributed by atoms with Crippen LogP contribution in [0.1, 0.15) is 0 Å². The van der Waals surface area contributed by atoms with Gasteiger partial charge < -0.3 is 10.2 Å². The number of nitrogens with zero attached hydrogens (tertiary/aromatic N) is 1. The molecule has 0 saturated carbocycles. The van der Waals surface area contributed by atoms with Gasteiger partial charge in [0.25, 0.3) is 0 Å². The molecule has 4 heteroatoms. The van der Waals surface area contributed by atoms with E-state index in [-0.39, 0.29) is 18.3 Å². The molecule has 2 aromatic rings. The van der Waals surface area contributed by atoms with Gasteiger partial charge >= 0.3 is 0 Å². The number of hydrogen-bond donors (Lipinski definition) is 1. The van der Waals surface area contributed by atoms with Crippen molar-refractivity contribution in [1.29, 1.82) is 0 Å². The summed E-state index contributed by atoms with van der Waals surface area (Å²) < 4.78 is 13.1. The largest absolute Gasteiger partial charge is 0.376 e. The average molecular weight is 284 g/mol. The molecule has 2 aromatic carbocycles. The van der Waals surface area contributed by atoms with Crippen molar-refractivity contribution < 1.29 is 9.18 Å². The first kappa shape index (κ1) is 14.8. The first-order valence-electron chi connectivity index (χ1n) is 6.66. The summed E-state index contributed by atoms with van der Waals surface area (Å²) in [5.74, 6) is -0.441. The molecule has 0 aliphatic carbocycles. The number of hydrogen-bond acceptors (Lipinski definition) is 2. The quantitative estimate of drug-likeness (QED) is 0.824. The minimum atomic E-state index is -0.335. The molecule has 0 unspecified atom stereocenters. The van der Waals surface area contributed by atoms with Gasteiger partial charge in [0, 0.05) is 17.9 Å². The van der Waals surface area contributed by atoms with Crippen LogP contribution in [0, 0.1) is 5.82 Å². The molecule has 0 bridgehead atoms. The lowest BCUT2D eigenvalue weighted by atomic mass is 10.2. The van der Waals surface area contributed by atoms with Crippen LogP contribution in [0.5, 0.6) is 0 Å². The van der Waals surface area contributed by atoms with E-state index in [1.165, 1.54) is 12.1 Å². The third kappa shape index (κ3) is 4.18. The normalized spacial score (nSPS) is 9.95. The highest BCUT2D eigenvalue weighted by molar-refractivity contribution is 5.96. The van der Waals surface area contributed by atoms with Crippen LogP contribution >= 0.6 is 0 Å². The Hall–Kier alpha value is -2.62. The molecule has 21 heavy (non-hydrogen) atoms. The summed E-state index contributed by atoms with van der Waals surface area (Å²) in [4.78, 5) is 13.9. The van der Waals surface area contributed by atoms with Gasteiger partial charge in [0.1, 0.15) is 5.82 Å². The highest BCUT2D eigenvalue weighted by Crippen LogP contribution is 2.14. The van der Waals surface area contributed by atoms with Crippen molar-refractivity contribution in [3.63, 3.8) is 0 Å². The van der Waals surface area contributed by atoms with E-state index in [0.717, 1.165) is 5.69 Å². The minimum Gasteiger partial charge on any atom is -0.376 e. The minimum absolute atomic E-state index is 0.0895. The van der Waals surface area contributed by atoms with Crippen molar-refractivity contribution in [2.24, 2.45) is 0 Å². The molecule has 0 aromatic heterocycles. The highest BCUT2D eigenvalue weighted by atomic mass is 19.1. The zero-order chi connectivity index (χ0) is 15.1. The van der Waals surface area contributed by atoms with E-state index in [9.17, 15) is 9.18 Å². The number of para-hydroxylation sites is 1. The maximum Gasteiger partial charge on any atom is 0.246 e. The van der Waals surface area contributed by atoms with Gasteiger partial charge in [-0.15, -0.1) is 6.58 Å². The summed E-state index contributed by atoms with van der Waals surface area (Å²) in [6.07, 6.45) is 1.67. The number of anilines is 2. The van der Waals surface area contributed by atoms with Gasteiger partial charge in [0.15, 0.2) is 0 Å². The second-order valence-electron chi connectivity index (χ2n) is 4.49. The fourth-order valence-corrected chi connectivity index (χ4v) is 1.96. The Bertz CT molecular complexity index is 613. The first-order chi connectivity index (χ1) is 10.2. The van der Waals surface area contributed by atoms with E-state index in [4.69, 9.17) is 0 Å². The van der Waals surface area contributed by atoms with E-state index in [1.54, 1.807) is 23.1 Å². The van der Waals surface area contributed by atoms with Gasteiger partial charge in [-0.2, -0.15) is 0 Å². The summed E-state index contributed by atoms with van der Waals surface area (Å²) in [6.45, 7) is 4.19. The van der Waals surface area contributed by atoms with Gasteiger partial charge in [-0.05, 0) is 30.3 Å². The molecule has 2 rings (SSSR count). The Morgan fingerprint density at radius 1 is 1.19 bits per heavy atom. The molecule has 0 heterocycles. The fraction of sp³-hybridized carbons (Fsp3) is 0.118. The molecule has 1 N–H and O–H groups in total. The summed E-state index contributed by atoms with van der Waals surface area (Å²) in [7, 11) is 0. The molecule has 0 atom stereocenters. The van der Waals surface area contributed by atoms with E-state index in [1.807, 2.05) is 30.3 Å². The summed E-state index contributed by atoms with van der Waals surface area (Å²) in [5, 5.41) is 2.93. The zero-order valence-corrected chi connectivity index (χ0v) is 11.6. The fourth-order valence-electron chi connectivity index (χ4n) is 1.96. The molecule has 0 aliphatic heterocycles. The lowest BCUT2D eigenvalue weighted by Crippen LogP contribution is -2.35. The van der Waals surface area contributed by atoms with Crippen LogP contribution in [0.25, 0.3) is 0 Å². The standard InChI is InChI=1S/C17H17FN2O/c1-2-11-20(16-9-4-3-5-10-16)17(21)13-19-15-8-6-7-14(18)12-15/h2-10,12,19H,1,11,13H2. The highest BCUT2D eigenvalue weighted by Gasteiger charge is 2.13. The number of amides is 1. The van der Waals surface area contributed by atoms with Crippen LogP contribution in [0.15, 0.2) is 67.3 Å². The van der Waals surface area contributed by atoms with Crippen molar-refractivity contribution in [3.05, 3.63) is 73.1 Å². The Morgan fingerprint density at radius 2 is 1.95 bits per heavy atom.